The first-order valence-electron chi connectivity index (χ1n) is 6.37. The topological polar surface area (TPSA) is 49.5 Å². The van der Waals surface area contributed by atoms with Gasteiger partial charge in [0.2, 0.25) is 0 Å². The van der Waals surface area contributed by atoms with Crippen molar-refractivity contribution < 1.29 is 9.50 Å². The van der Waals surface area contributed by atoms with Crippen LogP contribution in [0.4, 0.5) is 4.39 Å². The molecule has 0 bridgehead atoms. The van der Waals surface area contributed by atoms with Crippen molar-refractivity contribution in [3.63, 3.8) is 0 Å². The predicted molar refractivity (Wildman–Crippen MR) is 75.0 cm³/mol. The normalized spacial score (nSPS) is 12.1. The van der Waals surface area contributed by atoms with Crippen LogP contribution in [-0.4, -0.2) is 36.2 Å². The van der Waals surface area contributed by atoms with Crippen LogP contribution in [0, 0.1) is 17.7 Å². The van der Waals surface area contributed by atoms with Crippen LogP contribution in [0.2, 0.25) is 0 Å². The standard InChI is InChI=1S/C15H21FN2O/c1-12(19)7-9-18(2)11-14-5-6-15(16)10-13(14)4-3-8-17/h5-6,10,12,19H,7-9,11,17H2,1-2H3. The molecule has 0 aliphatic heterocycles. The molecule has 3 N–H and O–H groups in total. The summed E-state index contributed by atoms with van der Waals surface area (Å²) in [7, 11) is 1.96. The zero-order valence-corrected chi connectivity index (χ0v) is 11.5. The highest BCUT2D eigenvalue weighted by Crippen LogP contribution is 2.13. The van der Waals surface area contributed by atoms with Gasteiger partial charge in [0.05, 0.1) is 12.6 Å². The van der Waals surface area contributed by atoms with Gasteiger partial charge >= 0.3 is 0 Å². The van der Waals surface area contributed by atoms with E-state index in [-0.39, 0.29) is 18.5 Å². The van der Waals surface area contributed by atoms with E-state index in [0.29, 0.717) is 18.5 Å². The molecule has 4 heteroatoms. The predicted octanol–water partition coefficient (Wildman–Crippen LogP) is 1.34. The summed E-state index contributed by atoms with van der Waals surface area (Å²) in [6, 6.07) is 4.61. The largest absolute Gasteiger partial charge is 0.393 e. The van der Waals surface area contributed by atoms with E-state index < -0.39 is 0 Å². The number of aliphatic hydroxyl groups is 1. The number of nitrogens with zero attached hydrogens (tertiary/aromatic N) is 1. The summed E-state index contributed by atoms with van der Waals surface area (Å²) in [5.41, 5.74) is 6.98. The Morgan fingerprint density at radius 1 is 1.47 bits per heavy atom. The second-order valence-corrected chi connectivity index (χ2v) is 4.68. The van der Waals surface area contributed by atoms with Crippen molar-refractivity contribution >= 4 is 0 Å². The molecule has 1 rings (SSSR count). The molecule has 104 valence electrons. The summed E-state index contributed by atoms with van der Waals surface area (Å²) in [6.07, 6.45) is 0.397. The highest BCUT2D eigenvalue weighted by Gasteiger charge is 2.07. The lowest BCUT2D eigenvalue weighted by Crippen LogP contribution is -2.22. The average molecular weight is 264 g/mol. The van der Waals surface area contributed by atoms with Gasteiger partial charge in [-0.15, -0.1) is 0 Å². The van der Waals surface area contributed by atoms with Gasteiger partial charge in [-0.3, -0.25) is 0 Å². The van der Waals surface area contributed by atoms with Crippen LogP contribution < -0.4 is 5.73 Å². The Morgan fingerprint density at radius 2 is 2.21 bits per heavy atom. The van der Waals surface area contributed by atoms with Gasteiger partial charge in [-0.2, -0.15) is 0 Å². The second kappa shape index (κ2) is 7.90. The molecule has 1 atom stereocenters. The summed E-state index contributed by atoms with van der Waals surface area (Å²) < 4.78 is 13.2. The smallest absolute Gasteiger partial charge is 0.124 e. The van der Waals surface area contributed by atoms with Crippen LogP contribution in [0.15, 0.2) is 18.2 Å². The average Bonchev–Trinajstić information content (AvgIpc) is 2.36. The SMILES string of the molecule is CC(O)CCN(C)Cc1ccc(F)cc1C#CCN. The zero-order valence-electron chi connectivity index (χ0n) is 11.5. The lowest BCUT2D eigenvalue weighted by molar-refractivity contribution is 0.163. The number of hydrogen-bond acceptors (Lipinski definition) is 3. The Morgan fingerprint density at radius 3 is 2.84 bits per heavy atom. The van der Waals surface area contributed by atoms with Gasteiger partial charge in [-0.1, -0.05) is 17.9 Å². The van der Waals surface area contributed by atoms with Crippen molar-refractivity contribution in [1.82, 2.24) is 4.90 Å². The molecule has 0 amide bonds. The Bertz CT molecular complexity index is 463. The highest BCUT2D eigenvalue weighted by atomic mass is 19.1. The summed E-state index contributed by atoms with van der Waals surface area (Å²) in [6.45, 7) is 3.47. The van der Waals surface area contributed by atoms with Crippen molar-refractivity contribution in [2.75, 3.05) is 20.1 Å². The minimum Gasteiger partial charge on any atom is -0.393 e. The number of rotatable bonds is 5. The van der Waals surface area contributed by atoms with Gasteiger partial charge in [-0.25, -0.2) is 4.39 Å². The van der Waals surface area contributed by atoms with E-state index in [1.165, 1.54) is 12.1 Å². The van der Waals surface area contributed by atoms with E-state index in [9.17, 15) is 9.50 Å². The quantitative estimate of drug-likeness (QED) is 0.789. The van der Waals surface area contributed by atoms with Crippen molar-refractivity contribution in [3.05, 3.63) is 35.1 Å². The maximum atomic E-state index is 13.2. The van der Waals surface area contributed by atoms with Crippen LogP contribution in [0.1, 0.15) is 24.5 Å². The monoisotopic (exact) mass is 264 g/mol. The highest BCUT2D eigenvalue weighted by molar-refractivity contribution is 5.41. The number of hydrogen-bond donors (Lipinski definition) is 2. The van der Waals surface area contributed by atoms with Crippen LogP contribution in [0.3, 0.4) is 0 Å². The minimum atomic E-state index is -0.313. The Hall–Kier alpha value is -1.41. The van der Waals surface area contributed by atoms with E-state index in [2.05, 4.69) is 16.7 Å². The number of benzene rings is 1. The molecule has 0 aliphatic carbocycles. The molecular formula is C15H21FN2O. The molecule has 0 aromatic heterocycles. The van der Waals surface area contributed by atoms with Crippen LogP contribution in [0.25, 0.3) is 0 Å². The molecule has 0 spiro atoms. The summed E-state index contributed by atoms with van der Waals surface area (Å²) in [5.74, 6) is 5.35. The Kier molecular flexibility index (Phi) is 6.51. The van der Waals surface area contributed by atoms with E-state index in [4.69, 9.17) is 5.73 Å². The summed E-state index contributed by atoms with van der Waals surface area (Å²) in [4.78, 5) is 2.08. The lowest BCUT2D eigenvalue weighted by atomic mass is 10.1. The van der Waals surface area contributed by atoms with E-state index in [1.54, 1.807) is 13.0 Å². The molecule has 0 heterocycles. The van der Waals surface area contributed by atoms with Gasteiger partial charge in [-0.05, 0) is 38.1 Å². The van der Waals surface area contributed by atoms with Gasteiger partial charge in [0.1, 0.15) is 5.82 Å². The number of nitrogens with two attached hydrogens (primary N) is 1. The zero-order chi connectivity index (χ0) is 14.3. The summed E-state index contributed by atoms with van der Waals surface area (Å²) in [5, 5.41) is 9.26. The third-order valence-electron chi connectivity index (χ3n) is 2.77. The van der Waals surface area contributed by atoms with Crippen molar-refractivity contribution in [3.8, 4) is 11.8 Å². The third-order valence-corrected chi connectivity index (χ3v) is 2.77. The van der Waals surface area contributed by atoms with Crippen LogP contribution in [-0.2, 0) is 6.54 Å². The van der Waals surface area contributed by atoms with Gasteiger partial charge in [0.15, 0.2) is 0 Å². The maximum Gasteiger partial charge on any atom is 0.124 e. The van der Waals surface area contributed by atoms with Gasteiger partial charge in [0.25, 0.3) is 0 Å². The molecular weight excluding hydrogens is 243 g/mol. The van der Waals surface area contributed by atoms with Crippen molar-refractivity contribution in [1.29, 1.82) is 0 Å². The molecule has 1 aromatic carbocycles. The van der Waals surface area contributed by atoms with E-state index in [0.717, 1.165) is 12.1 Å². The van der Waals surface area contributed by atoms with Gasteiger partial charge < -0.3 is 15.7 Å². The second-order valence-electron chi connectivity index (χ2n) is 4.68. The molecule has 1 unspecified atom stereocenters. The lowest BCUT2D eigenvalue weighted by Gasteiger charge is -2.18. The fourth-order valence-corrected chi connectivity index (χ4v) is 1.73. The Balaban J connectivity index is 2.76. The molecule has 0 radical (unpaired) electrons. The van der Waals surface area contributed by atoms with Crippen LogP contribution in [0.5, 0.6) is 0 Å². The molecule has 0 fully saturated rings. The van der Waals surface area contributed by atoms with Gasteiger partial charge in [0, 0.05) is 18.7 Å². The van der Waals surface area contributed by atoms with E-state index in [1.807, 2.05) is 7.05 Å². The first-order valence-corrected chi connectivity index (χ1v) is 6.37. The first-order chi connectivity index (χ1) is 9.02. The molecule has 0 saturated heterocycles. The summed E-state index contributed by atoms with van der Waals surface area (Å²) >= 11 is 0. The molecule has 19 heavy (non-hydrogen) atoms. The number of halogens is 1. The molecule has 0 aliphatic rings. The Labute approximate surface area is 114 Å². The minimum absolute atomic E-state index is 0.258. The fourth-order valence-electron chi connectivity index (χ4n) is 1.73. The fraction of sp³-hybridized carbons (Fsp3) is 0.467. The number of aliphatic hydroxyl groups excluding tert-OH is 1. The molecule has 3 nitrogen and oxygen atoms in total. The maximum absolute atomic E-state index is 13.2. The third kappa shape index (κ3) is 5.84. The van der Waals surface area contributed by atoms with Crippen LogP contribution >= 0.6 is 0 Å². The van der Waals surface area contributed by atoms with E-state index >= 15 is 0 Å². The van der Waals surface area contributed by atoms with Crippen molar-refractivity contribution in [2.24, 2.45) is 5.73 Å². The molecule has 1 aromatic rings. The molecule has 0 saturated carbocycles. The van der Waals surface area contributed by atoms with Crippen molar-refractivity contribution in [2.45, 2.75) is 26.0 Å². The first kappa shape index (κ1) is 15.6.